The summed E-state index contributed by atoms with van der Waals surface area (Å²) in [4.78, 5) is 12.5. The number of fused-ring (bicyclic) bond motifs is 2. The van der Waals surface area contributed by atoms with Gasteiger partial charge in [-0.1, -0.05) is 12.1 Å². The number of rotatable bonds is 5. The Morgan fingerprint density at radius 2 is 1.94 bits per heavy atom. The number of benzene rings is 1. The monoisotopic (exact) mass is 486 g/mol. The van der Waals surface area contributed by atoms with E-state index in [1.165, 1.54) is 6.33 Å². The van der Waals surface area contributed by atoms with Crippen LogP contribution in [0.15, 0.2) is 42.9 Å². The standard InChI is InChI=1S/C24H25F3N6O2/c1-29-22-15-6-7-33(23(15)31-11-30-22)18-10-14(19(34)20(18)35)5-3-12-2-4-13-9-16(24(25,26)27)21(28)32-17(13)8-12/h2,4,6-9,11,14,18-20,34-35H,3,5,10H2,1H3,(H2,28,32)(H,29,30,31)/t14-,18+,19?,20-/m0/s1. The van der Waals surface area contributed by atoms with Gasteiger partial charge in [0.05, 0.1) is 28.6 Å². The molecular formula is C24H25F3N6O2. The molecule has 4 aromatic rings. The van der Waals surface area contributed by atoms with Gasteiger partial charge < -0.3 is 25.8 Å². The van der Waals surface area contributed by atoms with E-state index in [4.69, 9.17) is 5.73 Å². The summed E-state index contributed by atoms with van der Waals surface area (Å²) in [6, 6.07) is 7.62. The number of nitrogen functional groups attached to an aromatic ring is 1. The van der Waals surface area contributed by atoms with Gasteiger partial charge in [-0.2, -0.15) is 13.2 Å². The molecule has 1 aliphatic rings. The average Bonchev–Trinajstić information content (AvgIpc) is 3.37. The van der Waals surface area contributed by atoms with Crippen molar-refractivity contribution in [3.63, 3.8) is 0 Å². The lowest BCUT2D eigenvalue weighted by Crippen LogP contribution is -2.29. The molecule has 1 aromatic carbocycles. The van der Waals surface area contributed by atoms with Gasteiger partial charge in [-0.15, -0.1) is 0 Å². The van der Waals surface area contributed by atoms with Crippen molar-refractivity contribution in [3.05, 3.63) is 54.0 Å². The number of aliphatic hydroxyl groups is 2. The minimum atomic E-state index is -4.56. The number of pyridine rings is 1. The molecule has 1 unspecified atom stereocenters. The summed E-state index contributed by atoms with van der Waals surface area (Å²) in [5.74, 6) is -0.0332. The van der Waals surface area contributed by atoms with E-state index in [-0.39, 0.29) is 12.0 Å². The summed E-state index contributed by atoms with van der Waals surface area (Å²) in [5, 5.41) is 25.8. The van der Waals surface area contributed by atoms with Crippen molar-refractivity contribution in [1.29, 1.82) is 0 Å². The Kier molecular flexibility index (Phi) is 5.76. The maximum atomic E-state index is 13.1. The van der Waals surface area contributed by atoms with E-state index in [2.05, 4.69) is 20.3 Å². The Bertz CT molecular complexity index is 1390. The first kappa shape index (κ1) is 23.3. The number of anilines is 2. The molecule has 1 fully saturated rings. The van der Waals surface area contributed by atoms with Gasteiger partial charge in [-0.05, 0) is 48.9 Å². The van der Waals surface area contributed by atoms with Gasteiger partial charge in [0, 0.05) is 18.6 Å². The number of hydrogen-bond acceptors (Lipinski definition) is 7. The van der Waals surface area contributed by atoms with Crippen LogP contribution in [-0.4, -0.2) is 49.0 Å². The van der Waals surface area contributed by atoms with E-state index in [9.17, 15) is 23.4 Å². The Labute approximate surface area is 198 Å². The molecule has 3 aromatic heterocycles. The van der Waals surface area contributed by atoms with E-state index in [0.29, 0.717) is 41.6 Å². The number of aryl methyl sites for hydroxylation is 1. The quantitative estimate of drug-likeness (QED) is 0.340. The molecule has 1 saturated carbocycles. The Morgan fingerprint density at radius 3 is 2.69 bits per heavy atom. The Morgan fingerprint density at radius 1 is 1.14 bits per heavy atom. The third kappa shape index (κ3) is 4.14. The van der Waals surface area contributed by atoms with E-state index < -0.39 is 29.8 Å². The van der Waals surface area contributed by atoms with Crippen LogP contribution in [0.1, 0.15) is 30.0 Å². The van der Waals surface area contributed by atoms with Gasteiger partial charge in [0.15, 0.2) is 0 Å². The molecule has 0 radical (unpaired) electrons. The minimum absolute atomic E-state index is 0.167. The summed E-state index contributed by atoms with van der Waals surface area (Å²) < 4.78 is 41.2. The van der Waals surface area contributed by atoms with Crippen molar-refractivity contribution in [2.45, 2.75) is 43.7 Å². The van der Waals surface area contributed by atoms with Crippen molar-refractivity contribution in [3.8, 4) is 0 Å². The number of nitrogens with two attached hydrogens (primary N) is 1. The van der Waals surface area contributed by atoms with Gasteiger partial charge in [0.1, 0.15) is 29.7 Å². The van der Waals surface area contributed by atoms with Crippen LogP contribution >= 0.6 is 0 Å². The second-order valence-corrected chi connectivity index (χ2v) is 8.96. The lowest BCUT2D eigenvalue weighted by atomic mass is 9.95. The van der Waals surface area contributed by atoms with Crippen molar-refractivity contribution in [2.75, 3.05) is 18.1 Å². The fourth-order valence-corrected chi connectivity index (χ4v) is 5.06. The second-order valence-electron chi connectivity index (χ2n) is 8.96. The predicted molar refractivity (Wildman–Crippen MR) is 126 cm³/mol. The number of aromatic nitrogens is 4. The van der Waals surface area contributed by atoms with Crippen molar-refractivity contribution < 1.29 is 23.4 Å². The number of nitrogens with zero attached hydrogens (tertiary/aromatic N) is 4. The third-order valence-electron chi connectivity index (χ3n) is 6.90. The molecule has 0 saturated heterocycles. The number of nitrogens with one attached hydrogen (secondary N) is 1. The molecule has 8 nitrogen and oxygen atoms in total. The zero-order valence-electron chi connectivity index (χ0n) is 18.9. The van der Waals surface area contributed by atoms with E-state index in [1.54, 1.807) is 25.2 Å². The van der Waals surface area contributed by atoms with Gasteiger partial charge in [0.25, 0.3) is 0 Å². The van der Waals surface area contributed by atoms with Gasteiger partial charge >= 0.3 is 6.18 Å². The molecule has 0 aliphatic heterocycles. The first-order valence-electron chi connectivity index (χ1n) is 11.3. The van der Waals surface area contributed by atoms with Crippen LogP contribution in [0.25, 0.3) is 21.9 Å². The summed E-state index contributed by atoms with van der Waals surface area (Å²) in [5.41, 5.74) is 6.53. The molecule has 184 valence electrons. The van der Waals surface area contributed by atoms with E-state index in [0.717, 1.165) is 17.0 Å². The summed E-state index contributed by atoms with van der Waals surface area (Å²) in [6.07, 6.45) is -1.42. The largest absolute Gasteiger partial charge is 0.419 e. The predicted octanol–water partition coefficient (Wildman–Crippen LogP) is 3.54. The first-order valence-corrected chi connectivity index (χ1v) is 11.3. The number of alkyl halides is 3. The van der Waals surface area contributed by atoms with Crippen molar-refractivity contribution in [1.82, 2.24) is 19.5 Å². The Balaban J connectivity index is 1.33. The van der Waals surface area contributed by atoms with Crippen LogP contribution in [0.5, 0.6) is 0 Å². The zero-order valence-corrected chi connectivity index (χ0v) is 18.9. The molecule has 5 N–H and O–H groups in total. The van der Waals surface area contributed by atoms with E-state index in [1.807, 2.05) is 16.8 Å². The topological polar surface area (TPSA) is 122 Å². The number of aliphatic hydroxyl groups excluding tert-OH is 2. The SMILES string of the molecule is CNc1ncnc2c1ccn2[C@@H]1C[C@H](CCc2ccc3cc(C(F)(F)F)c(N)nc3c2)C(O)[C@H]1O. The zero-order chi connectivity index (χ0) is 24.9. The molecule has 0 bridgehead atoms. The smallest absolute Gasteiger partial charge is 0.390 e. The summed E-state index contributed by atoms with van der Waals surface area (Å²) >= 11 is 0. The third-order valence-corrected chi connectivity index (χ3v) is 6.90. The van der Waals surface area contributed by atoms with Crippen LogP contribution < -0.4 is 11.1 Å². The van der Waals surface area contributed by atoms with Crippen molar-refractivity contribution in [2.24, 2.45) is 5.92 Å². The minimum Gasteiger partial charge on any atom is -0.390 e. The number of hydrogen-bond donors (Lipinski definition) is 4. The molecular weight excluding hydrogens is 461 g/mol. The van der Waals surface area contributed by atoms with Crippen LogP contribution in [0, 0.1) is 5.92 Å². The van der Waals surface area contributed by atoms with Gasteiger partial charge in [0.2, 0.25) is 0 Å². The highest BCUT2D eigenvalue weighted by atomic mass is 19.4. The molecule has 4 atom stereocenters. The van der Waals surface area contributed by atoms with E-state index >= 15 is 0 Å². The molecule has 1 aliphatic carbocycles. The van der Waals surface area contributed by atoms with Gasteiger partial charge in [-0.25, -0.2) is 15.0 Å². The van der Waals surface area contributed by atoms with Crippen LogP contribution in [0.3, 0.4) is 0 Å². The average molecular weight is 486 g/mol. The molecule has 3 heterocycles. The highest BCUT2D eigenvalue weighted by molar-refractivity contribution is 5.87. The van der Waals surface area contributed by atoms with Crippen LogP contribution in [0.2, 0.25) is 0 Å². The lowest BCUT2D eigenvalue weighted by Gasteiger charge is -2.19. The van der Waals surface area contributed by atoms with Crippen LogP contribution in [0.4, 0.5) is 24.8 Å². The molecule has 35 heavy (non-hydrogen) atoms. The molecule has 11 heteroatoms. The van der Waals surface area contributed by atoms with Crippen molar-refractivity contribution >= 4 is 33.6 Å². The highest BCUT2D eigenvalue weighted by Crippen LogP contribution is 2.40. The first-order chi connectivity index (χ1) is 16.7. The maximum Gasteiger partial charge on any atom is 0.419 e. The fraction of sp³-hybridized carbons (Fsp3) is 0.375. The number of halogens is 3. The van der Waals surface area contributed by atoms with Gasteiger partial charge in [-0.3, -0.25) is 0 Å². The van der Waals surface area contributed by atoms with Crippen LogP contribution in [-0.2, 0) is 12.6 Å². The highest BCUT2D eigenvalue weighted by Gasteiger charge is 2.42. The molecule has 0 amide bonds. The Hall–Kier alpha value is -3.44. The molecule has 5 rings (SSSR count). The fourth-order valence-electron chi connectivity index (χ4n) is 5.06. The maximum absolute atomic E-state index is 13.1. The second kappa shape index (κ2) is 8.65. The summed E-state index contributed by atoms with van der Waals surface area (Å²) in [6.45, 7) is 0. The summed E-state index contributed by atoms with van der Waals surface area (Å²) in [7, 11) is 1.77. The molecule has 0 spiro atoms. The normalized spacial score (nSPS) is 22.8. The lowest BCUT2D eigenvalue weighted by molar-refractivity contribution is -0.137.